The maximum absolute atomic E-state index is 7.84. The Kier molecular flexibility index (Phi) is 4.24. The molecule has 1 aliphatic heterocycles. The molecule has 1 aliphatic rings. The first-order valence-electron chi connectivity index (χ1n) is 9.77. The molecular weight excluding hydrogens is 360 g/mol. The van der Waals surface area contributed by atoms with E-state index in [-0.39, 0.29) is 6.04 Å². The van der Waals surface area contributed by atoms with Crippen LogP contribution in [0.1, 0.15) is 28.4 Å². The fraction of sp³-hybridized carbons (Fsp3) is 0.174. The van der Waals surface area contributed by atoms with E-state index >= 15 is 0 Å². The van der Waals surface area contributed by atoms with Gasteiger partial charge in [-0.25, -0.2) is 9.97 Å². The highest BCUT2D eigenvalue weighted by atomic mass is 15.2. The molecule has 0 aliphatic carbocycles. The van der Waals surface area contributed by atoms with Crippen LogP contribution in [0.3, 0.4) is 0 Å². The van der Waals surface area contributed by atoms with Crippen LogP contribution in [-0.2, 0) is 12.8 Å². The zero-order valence-electron chi connectivity index (χ0n) is 16.0. The van der Waals surface area contributed by atoms with Crippen LogP contribution in [0.4, 0.5) is 11.6 Å². The van der Waals surface area contributed by atoms with Gasteiger partial charge in [0.05, 0.1) is 11.6 Å². The lowest BCUT2D eigenvalue weighted by molar-refractivity contribution is 0.564. The Morgan fingerprint density at radius 3 is 2.72 bits per heavy atom. The molecule has 0 bridgehead atoms. The minimum absolute atomic E-state index is 0.0709. The number of hydrogen-bond acceptors (Lipinski definition) is 5. The van der Waals surface area contributed by atoms with E-state index in [9.17, 15) is 0 Å². The van der Waals surface area contributed by atoms with E-state index in [2.05, 4.69) is 68.4 Å². The van der Waals surface area contributed by atoms with Crippen molar-refractivity contribution in [3.8, 4) is 0 Å². The first-order chi connectivity index (χ1) is 14.3. The number of nitrogens with two attached hydrogens (primary N) is 1. The molecule has 1 unspecified atom stereocenters. The number of aromatic amines is 1. The Morgan fingerprint density at radius 1 is 1.10 bits per heavy atom. The molecule has 0 spiro atoms. The minimum atomic E-state index is 0.0709. The molecule has 4 aromatic rings. The second kappa shape index (κ2) is 7.05. The number of nitrogen functional groups attached to an aromatic ring is 1. The van der Waals surface area contributed by atoms with Gasteiger partial charge in [-0.05, 0) is 30.0 Å². The van der Waals surface area contributed by atoms with Gasteiger partial charge in [-0.2, -0.15) is 0 Å². The molecule has 29 heavy (non-hydrogen) atoms. The van der Waals surface area contributed by atoms with Gasteiger partial charge in [-0.3, -0.25) is 0 Å². The zero-order chi connectivity index (χ0) is 19.8. The van der Waals surface area contributed by atoms with Gasteiger partial charge in [0, 0.05) is 29.4 Å². The summed E-state index contributed by atoms with van der Waals surface area (Å²) in [7, 11) is 0. The molecule has 0 radical (unpaired) electrons. The van der Waals surface area contributed by atoms with Crippen LogP contribution in [0.15, 0.2) is 60.9 Å². The van der Waals surface area contributed by atoms with Gasteiger partial charge in [0.2, 0.25) is 0 Å². The SMILES string of the molecule is N=Cc1c(N)ncnc1N1CCc2c([nH]c3ccccc23)C1Cc1ccccc1. The fourth-order valence-corrected chi connectivity index (χ4v) is 4.39. The molecule has 3 heterocycles. The number of rotatable bonds is 4. The molecule has 0 saturated heterocycles. The largest absolute Gasteiger partial charge is 0.383 e. The molecular formula is C23H22N6. The van der Waals surface area contributed by atoms with Crippen LogP contribution in [0.2, 0.25) is 0 Å². The van der Waals surface area contributed by atoms with E-state index in [1.54, 1.807) is 0 Å². The zero-order valence-corrected chi connectivity index (χ0v) is 16.0. The summed E-state index contributed by atoms with van der Waals surface area (Å²) in [6.07, 6.45) is 4.48. The topological polar surface area (TPSA) is 94.7 Å². The second-order valence-corrected chi connectivity index (χ2v) is 7.35. The molecule has 4 N–H and O–H groups in total. The lowest BCUT2D eigenvalue weighted by Gasteiger charge is -2.37. The minimum Gasteiger partial charge on any atom is -0.383 e. The van der Waals surface area contributed by atoms with Crippen LogP contribution in [-0.4, -0.2) is 27.7 Å². The number of hydrogen-bond donors (Lipinski definition) is 3. The maximum atomic E-state index is 7.84. The monoisotopic (exact) mass is 382 g/mol. The second-order valence-electron chi connectivity index (χ2n) is 7.35. The average Bonchev–Trinajstić information content (AvgIpc) is 3.14. The van der Waals surface area contributed by atoms with E-state index in [0.717, 1.165) is 30.7 Å². The Hall–Kier alpha value is -3.67. The quantitative estimate of drug-likeness (QED) is 0.467. The maximum Gasteiger partial charge on any atom is 0.143 e. The van der Waals surface area contributed by atoms with Crippen molar-refractivity contribution in [3.05, 3.63) is 83.3 Å². The third kappa shape index (κ3) is 2.93. The smallest absolute Gasteiger partial charge is 0.143 e. The van der Waals surface area contributed by atoms with Gasteiger partial charge in [-0.1, -0.05) is 48.5 Å². The fourth-order valence-electron chi connectivity index (χ4n) is 4.39. The van der Waals surface area contributed by atoms with E-state index in [4.69, 9.17) is 11.1 Å². The summed E-state index contributed by atoms with van der Waals surface area (Å²) in [4.78, 5) is 14.5. The Morgan fingerprint density at radius 2 is 1.90 bits per heavy atom. The number of nitrogens with zero attached hydrogens (tertiary/aromatic N) is 3. The number of fused-ring (bicyclic) bond motifs is 3. The van der Waals surface area contributed by atoms with E-state index < -0.39 is 0 Å². The van der Waals surface area contributed by atoms with Gasteiger partial charge >= 0.3 is 0 Å². The van der Waals surface area contributed by atoms with Crippen molar-refractivity contribution < 1.29 is 0 Å². The van der Waals surface area contributed by atoms with Crippen molar-refractivity contribution >= 4 is 28.8 Å². The third-order valence-electron chi connectivity index (χ3n) is 5.74. The van der Waals surface area contributed by atoms with Crippen LogP contribution in [0.25, 0.3) is 10.9 Å². The Bertz CT molecular complexity index is 1180. The summed E-state index contributed by atoms with van der Waals surface area (Å²) < 4.78 is 0. The Balaban J connectivity index is 1.67. The van der Waals surface area contributed by atoms with E-state index in [0.29, 0.717) is 11.4 Å². The van der Waals surface area contributed by atoms with Crippen molar-refractivity contribution in [2.24, 2.45) is 0 Å². The summed E-state index contributed by atoms with van der Waals surface area (Å²) in [6, 6.07) is 19.0. The van der Waals surface area contributed by atoms with E-state index in [1.165, 1.54) is 34.7 Å². The lowest BCUT2D eigenvalue weighted by atomic mass is 9.92. The molecule has 6 heteroatoms. The molecule has 0 amide bonds. The van der Waals surface area contributed by atoms with Crippen LogP contribution >= 0.6 is 0 Å². The highest BCUT2D eigenvalue weighted by Gasteiger charge is 2.32. The van der Waals surface area contributed by atoms with Gasteiger partial charge in [0.15, 0.2) is 0 Å². The van der Waals surface area contributed by atoms with Crippen LogP contribution in [0.5, 0.6) is 0 Å². The molecule has 6 nitrogen and oxygen atoms in total. The normalized spacial score (nSPS) is 16.0. The van der Waals surface area contributed by atoms with Gasteiger partial charge in [0.1, 0.15) is 18.0 Å². The first-order valence-corrected chi connectivity index (χ1v) is 9.77. The number of para-hydroxylation sites is 1. The average molecular weight is 382 g/mol. The molecule has 2 aromatic carbocycles. The van der Waals surface area contributed by atoms with Gasteiger partial charge < -0.3 is 21.0 Å². The summed E-state index contributed by atoms with van der Waals surface area (Å²) in [5.41, 5.74) is 11.6. The van der Waals surface area contributed by atoms with Crippen molar-refractivity contribution in [2.75, 3.05) is 17.2 Å². The number of nitrogens with one attached hydrogen (secondary N) is 2. The molecule has 0 saturated carbocycles. The molecule has 144 valence electrons. The highest BCUT2D eigenvalue weighted by Crippen LogP contribution is 2.39. The van der Waals surface area contributed by atoms with Crippen LogP contribution < -0.4 is 10.6 Å². The van der Waals surface area contributed by atoms with Crippen molar-refractivity contribution in [1.82, 2.24) is 15.0 Å². The molecule has 1 atom stereocenters. The number of H-pyrrole nitrogens is 1. The lowest BCUT2D eigenvalue weighted by Crippen LogP contribution is -2.38. The summed E-state index contributed by atoms with van der Waals surface area (Å²) in [5.74, 6) is 1.06. The summed E-state index contributed by atoms with van der Waals surface area (Å²) >= 11 is 0. The van der Waals surface area contributed by atoms with Crippen molar-refractivity contribution in [1.29, 1.82) is 5.41 Å². The molecule has 0 fully saturated rings. The van der Waals surface area contributed by atoms with Gasteiger partial charge in [-0.15, -0.1) is 0 Å². The number of anilines is 2. The number of benzene rings is 2. The Labute approximate surface area is 168 Å². The highest BCUT2D eigenvalue weighted by molar-refractivity contribution is 5.91. The standard InChI is InChI=1S/C23H22N6/c24-13-18-22(25)26-14-27-23(18)29-11-10-17-16-8-4-5-9-19(16)28-21(17)20(29)12-15-6-2-1-3-7-15/h1-9,13-14,20,24,28H,10-12H2,(H2,25,26,27). The molecule has 2 aromatic heterocycles. The summed E-state index contributed by atoms with van der Waals surface area (Å²) in [6.45, 7) is 0.809. The van der Waals surface area contributed by atoms with Crippen molar-refractivity contribution in [3.63, 3.8) is 0 Å². The molecule has 5 rings (SSSR count). The van der Waals surface area contributed by atoms with Gasteiger partial charge in [0.25, 0.3) is 0 Å². The van der Waals surface area contributed by atoms with E-state index in [1.807, 2.05) is 6.07 Å². The third-order valence-corrected chi connectivity index (χ3v) is 5.74. The first kappa shape index (κ1) is 17.4. The predicted octanol–water partition coefficient (Wildman–Crippen LogP) is 3.88. The van der Waals surface area contributed by atoms with Crippen molar-refractivity contribution in [2.45, 2.75) is 18.9 Å². The summed E-state index contributed by atoms with van der Waals surface area (Å²) in [5, 5.41) is 9.13. The van der Waals surface area contributed by atoms with Crippen LogP contribution in [0, 0.1) is 5.41 Å². The predicted molar refractivity (Wildman–Crippen MR) is 117 cm³/mol. The number of aromatic nitrogens is 3.